The molecule has 1 fully saturated rings. The van der Waals surface area contributed by atoms with Crippen molar-refractivity contribution in [2.45, 2.75) is 27.3 Å². The van der Waals surface area contributed by atoms with Gasteiger partial charge in [-0.05, 0) is 63.2 Å². The smallest absolute Gasteiger partial charge is 0.178 e. The van der Waals surface area contributed by atoms with E-state index in [1.54, 1.807) is 13.2 Å². The molecule has 1 saturated heterocycles. The van der Waals surface area contributed by atoms with Crippen molar-refractivity contribution >= 4 is 17.3 Å². The number of piperazine rings is 1. The molecule has 0 saturated carbocycles. The van der Waals surface area contributed by atoms with Crippen LogP contribution in [0.4, 0.5) is 5.69 Å². The van der Waals surface area contributed by atoms with Crippen molar-refractivity contribution in [2.24, 2.45) is 0 Å². The Morgan fingerprint density at radius 2 is 1.71 bits per heavy atom. The number of Topliss-reactive ketones (excluding diaryl/α,β-unsaturated/α-hetero) is 2. The Bertz CT molecular complexity index is 1060. The lowest BCUT2D eigenvalue weighted by atomic mass is 10.1. The monoisotopic (exact) mass is 419 g/mol. The molecule has 0 bridgehead atoms. The van der Waals surface area contributed by atoms with Gasteiger partial charge < -0.3 is 13.9 Å². The summed E-state index contributed by atoms with van der Waals surface area (Å²) in [4.78, 5) is 29.0. The molecule has 6 nitrogen and oxygen atoms in total. The summed E-state index contributed by atoms with van der Waals surface area (Å²) in [5, 5.41) is 0. The molecule has 6 heteroatoms. The molecular formula is C25H29N3O3. The van der Waals surface area contributed by atoms with E-state index >= 15 is 0 Å². The fraction of sp³-hybridized carbons (Fsp3) is 0.360. The van der Waals surface area contributed by atoms with Gasteiger partial charge in [0.25, 0.3) is 0 Å². The van der Waals surface area contributed by atoms with E-state index < -0.39 is 0 Å². The average molecular weight is 420 g/mol. The summed E-state index contributed by atoms with van der Waals surface area (Å²) < 4.78 is 7.60. The van der Waals surface area contributed by atoms with Crippen LogP contribution in [-0.2, 0) is 6.54 Å². The van der Waals surface area contributed by atoms with Crippen LogP contribution in [-0.4, -0.2) is 53.8 Å². The van der Waals surface area contributed by atoms with Crippen molar-refractivity contribution < 1.29 is 14.0 Å². The van der Waals surface area contributed by atoms with E-state index in [1.807, 2.05) is 56.3 Å². The standard InChI is InChI=1S/C25H29N3O3/c1-18-15-24(19(2)28(18)16-23-5-4-14-31-23)25(30)17-26-10-12-27(13-11-26)22-8-6-21(7-9-22)20(3)29/h4-9,14-15H,10-13,16-17H2,1-3H3. The maximum Gasteiger partial charge on any atom is 0.178 e. The van der Waals surface area contributed by atoms with Crippen LogP contribution in [0.25, 0.3) is 0 Å². The highest BCUT2D eigenvalue weighted by Crippen LogP contribution is 2.20. The number of hydrogen-bond acceptors (Lipinski definition) is 5. The second-order valence-corrected chi connectivity index (χ2v) is 8.24. The van der Waals surface area contributed by atoms with Crippen LogP contribution in [0.3, 0.4) is 0 Å². The quantitative estimate of drug-likeness (QED) is 0.543. The third-order valence-corrected chi connectivity index (χ3v) is 6.15. The third kappa shape index (κ3) is 4.64. The molecule has 2 aromatic heterocycles. The Morgan fingerprint density at radius 3 is 2.32 bits per heavy atom. The lowest BCUT2D eigenvalue weighted by Crippen LogP contribution is -2.48. The predicted octanol–water partition coefficient (Wildman–Crippen LogP) is 3.95. The zero-order valence-corrected chi connectivity index (χ0v) is 18.4. The molecule has 4 rings (SSSR count). The number of nitrogens with zero attached hydrogens (tertiary/aromatic N) is 3. The average Bonchev–Trinajstić information content (AvgIpc) is 3.38. The highest BCUT2D eigenvalue weighted by atomic mass is 16.3. The number of rotatable bonds is 7. The number of ketones is 2. The van der Waals surface area contributed by atoms with E-state index in [9.17, 15) is 9.59 Å². The van der Waals surface area contributed by atoms with Gasteiger partial charge in [0, 0.05) is 54.4 Å². The van der Waals surface area contributed by atoms with Crippen LogP contribution in [0.2, 0.25) is 0 Å². The van der Waals surface area contributed by atoms with E-state index in [1.165, 1.54) is 0 Å². The Labute approximate surface area is 183 Å². The molecule has 0 N–H and O–H groups in total. The van der Waals surface area contributed by atoms with Crippen LogP contribution < -0.4 is 4.90 Å². The third-order valence-electron chi connectivity index (χ3n) is 6.15. The van der Waals surface area contributed by atoms with Gasteiger partial charge >= 0.3 is 0 Å². The Balaban J connectivity index is 1.35. The molecule has 0 radical (unpaired) electrons. The van der Waals surface area contributed by atoms with Crippen LogP contribution in [0.15, 0.2) is 53.1 Å². The van der Waals surface area contributed by atoms with Gasteiger partial charge in [-0.25, -0.2) is 0 Å². The van der Waals surface area contributed by atoms with Gasteiger partial charge in [-0.15, -0.1) is 0 Å². The lowest BCUT2D eigenvalue weighted by Gasteiger charge is -2.35. The molecule has 0 unspecified atom stereocenters. The number of aromatic nitrogens is 1. The van der Waals surface area contributed by atoms with E-state index in [0.29, 0.717) is 13.1 Å². The minimum absolute atomic E-state index is 0.0819. The van der Waals surface area contributed by atoms with E-state index in [0.717, 1.165) is 60.1 Å². The number of carbonyl (C=O) groups excluding carboxylic acids is 2. The first-order chi connectivity index (χ1) is 14.9. The number of furan rings is 1. The van der Waals surface area contributed by atoms with Gasteiger partial charge in [-0.3, -0.25) is 14.5 Å². The molecule has 3 heterocycles. The molecule has 0 atom stereocenters. The summed E-state index contributed by atoms with van der Waals surface area (Å²) in [5.74, 6) is 1.13. The molecule has 0 aliphatic carbocycles. The lowest BCUT2D eigenvalue weighted by molar-refractivity contribution is 0.0925. The molecule has 1 aliphatic heterocycles. The normalized spacial score (nSPS) is 14.7. The molecule has 0 spiro atoms. The first-order valence-corrected chi connectivity index (χ1v) is 10.7. The number of aryl methyl sites for hydroxylation is 1. The predicted molar refractivity (Wildman–Crippen MR) is 121 cm³/mol. The summed E-state index contributed by atoms with van der Waals surface area (Å²) in [7, 11) is 0. The summed E-state index contributed by atoms with van der Waals surface area (Å²) in [6.45, 7) is 10.1. The fourth-order valence-corrected chi connectivity index (χ4v) is 4.24. The topological polar surface area (TPSA) is 58.7 Å². The molecule has 31 heavy (non-hydrogen) atoms. The van der Waals surface area contributed by atoms with Crippen molar-refractivity contribution in [3.05, 3.63) is 77.0 Å². The van der Waals surface area contributed by atoms with Gasteiger partial charge in [-0.1, -0.05) is 0 Å². The highest BCUT2D eigenvalue weighted by Gasteiger charge is 2.22. The molecule has 0 amide bonds. The number of carbonyl (C=O) groups is 2. The highest BCUT2D eigenvalue weighted by molar-refractivity contribution is 5.99. The van der Waals surface area contributed by atoms with E-state index in [-0.39, 0.29) is 11.6 Å². The van der Waals surface area contributed by atoms with E-state index in [2.05, 4.69) is 14.4 Å². The Hall–Kier alpha value is -3.12. The maximum atomic E-state index is 13.0. The summed E-state index contributed by atoms with van der Waals surface area (Å²) in [6, 6.07) is 13.6. The molecule has 1 aromatic carbocycles. The van der Waals surface area contributed by atoms with Crippen molar-refractivity contribution in [1.29, 1.82) is 0 Å². The summed E-state index contributed by atoms with van der Waals surface area (Å²) >= 11 is 0. The number of benzene rings is 1. The first-order valence-electron chi connectivity index (χ1n) is 10.7. The van der Waals surface area contributed by atoms with Crippen LogP contribution in [0, 0.1) is 13.8 Å². The zero-order chi connectivity index (χ0) is 22.0. The first kappa shape index (κ1) is 21.1. The van der Waals surface area contributed by atoms with Crippen LogP contribution in [0.1, 0.15) is 44.8 Å². The minimum Gasteiger partial charge on any atom is -0.467 e. The largest absolute Gasteiger partial charge is 0.467 e. The summed E-state index contributed by atoms with van der Waals surface area (Å²) in [6.07, 6.45) is 1.67. The van der Waals surface area contributed by atoms with E-state index in [4.69, 9.17) is 4.42 Å². The van der Waals surface area contributed by atoms with Crippen LogP contribution >= 0.6 is 0 Å². The van der Waals surface area contributed by atoms with Crippen molar-refractivity contribution in [3.8, 4) is 0 Å². The minimum atomic E-state index is 0.0819. The zero-order valence-electron chi connectivity index (χ0n) is 18.4. The summed E-state index contributed by atoms with van der Waals surface area (Å²) in [5.41, 5.74) is 4.71. The SMILES string of the molecule is CC(=O)c1ccc(N2CCN(CC(=O)c3cc(C)n(Cc4ccco4)c3C)CC2)cc1. The second-order valence-electron chi connectivity index (χ2n) is 8.24. The van der Waals surface area contributed by atoms with Gasteiger partial charge in [-0.2, -0.15) is 0 Å². The number of anilines is 1. The molecule has 3 aromatic rings. The van der Waals surface area contributed by atoms with Crippen molar-refractivity contribution in [2.75, 3.05) is 37.6 Å². The van der Waals surface area contributed by atoms with Crippen LogP contribution in [0.5, 0.6) is 0 Å². The fourth-order valence-electron chi connectivity index (χ4n) is 4.24. The molecule has 162 valence electrons. The van der Waals surface area contributed by atoms with Crippen molar-refractivity contribution in [3.63, 3.8) is 0 Å². The number of hydrogen-bond donors (Lipinski definition) is 0. The molecular weight excluding hydrogens is 390 g/mol. The van der Waals surface area contributed by atoms with Gasteiger partial charge in [0.2, 0.25) is 0 Å². The van der Waals surface area contributed by atoms with Crippen molar-refractivity contribution in [1.82, 2.24) is 9.47 Å². The van der Waals surface area contributed by atoms with Gasteiger partial charge in [0.15, 0.2) is 11.6 Å². The Morgan fingerprint density at radius 1 is 1.00 bits per heavy atom. The van der Waals surface area contributed by atoms with Gasteiger partial charge in [0.05, 0.1) is 19.4 Å². The molecule has 1 aliphatic rings. The second kappa shape index (κ2) is 8.94. The Kier molecular flexibility index (Phi) is 6.09. The van der Waals surface area contributed by atoms with Gasteiger partial charge in [0.1, 0.15) is 5.76 Å². The maximum absolute atomic E-state index is 13.0.